The Balaban J connectivity index is 2.77. The monoisotopic (exact) mass is 217 g/mol. The van der Waals surface area contributed by atoms with Gasteiger partial charge in [-0.2, -0.15) is 0 Å². The molecule has 0 aliphatic heterocycles. The molecule has 0 bridgehead atoms. The van der Waals surface area contributed by atoms with Crippen LogP contribution in [-0.4, -0.2) is 38.9 Å². The van der Waals surface area contributed by atoms with Gasteiger partial charge in [-0.25, -0.2) is 4.98 Å². The molecular formula is C8H12ClN3O2. The van der Waals surface area contributed by atoms with Gasteiger partial charge in [0.15, 0.2) is 0 Å². The molecule has 0 radical (unpaired) electrons. The van der Waals surface area contributed by atoms with Gasteiger partial charge in [0.2, 0.25) is 0 Å². The largest absolute Gasteiger partial charge is 0.394 e. The summed E-state index contributed by atoms with van der Waals surface area (Å²) in [6.07, 6.45) is 2.87. The van der Waals surface area contributed by atoms with E-state index in [9.17, 15) is 0 Å². The number of anilines is 1. The molecule has 0 fully saturated rings. The SMILES string of the molecule is CC(CO)(CO)Nc1cncc(Cl)n1. The smallest absolute Gasteiger partial charge is 0.149 e. The summed E-state index contributed by atoms with van der Waals surface area (Å²) in [5.41, 5.74) is -0.820. The molecule has 0 aromatic carbocycles. The average molecular weight is 218 g/mol. The summed E-state index contributed by atoms with van der Waals surface area (Å²) < 4.78 is 0. The molecule has 14 heavy (non-hydrogen) atoms. The van der Waals surface area contributed by atoms with Gasteiger partial charge >= 0.3 is 0 Å². The van der Waals surface area contributed by atoms with Crippen LogP contribution in [0.4, 0.5) is 5.82 Å². The Morgan fingerprint density at radius 2 is 2.07 bits per heavy atom. The zero-order valence-corrected chi connectivity index (χ0v) is 8.49. The maximum absolute atomic E-state index is 9.01. The van der Waals surface area contributed by atoms with E-state index in [2.05, 4.69) is 15.3 Å². The van der Waals surface area contributed by atoms with Crippen molar-refractivity contribution in [2.75, 3.05) is 18.5 Å². The standard InChI is InChI=1S/C8H12ClN3O2/c1-8(4-13,5-14)12-7-3-10-2-6(9)11-7/h2-3,13-14H,4-5H2,1H3,(H,11,12). The van der Waals surface area contributed by atoms with Crippen molar-refractivity contribution in [3.63, 3.8) is 0 Å². The van der Waals surface area contributed by atoms with Gasteiger partial charge in [-0.3, -0.25) is 4.98 Å². The second-order valence-corrected chi connectivity index (χ2v) is 3.62. The molecule has 5 nitrogen and oxygen atoms in total. The Morgan fingerprint density at radius 1 is 1.43 bits per heavy atom. The summed E-state index contributed by atoms with van der Waals surface area (Å²) in [6.45, 7) is 1.24. The third-order valence-corrected chi connectivity index (χ3v) is 1.92. The second kappa shape index (κ2) is 4.54. The van der Waals surface area contributed by atoms with Gasteiger partial charge in [-0.1, -0.05) is 11.6 Å². The lowest BCUT2D eigenvalue weighted by Gasteiger charge is -2.26. The van der Waals surface area contributed by atoms with E-state index in [1.54, 1.807) is 6.92 Å². The summed E-state index contributed by atoms with van der Waals surface area (Å²) in [6, 6.07) is 0. The van der Waals surface area contributed by atoms with Crippen molar-refractivity contribution in [2.24, 2.45) is 0 Å². The highest BCUT2D eigenvalue weighted by molar-refractivity contribution is 6.29. The number of aromatic nitrogens is 2. The molecule has 0 spiro atoms. The first kappa shape index (κ1) is 11.2. The van der Waals surface area contributed by atoms with Crippen molar-refractivity contribution in [3.8, 4) is 0 Å². The van der Waals surface area contributed by atoms with Crippen LogP contribution in [0.15, 0.2) is 12.4 Å². The van der Waals surface area contributed by atoms with Gasteiger partial charge in [0.05, 0.1) is 31.1 Å². The Labute approximate surface area is 86.8 Å². The topological polar surface area (TPSA) is 78.3 Å². The van der Waals surface area contributed by atoms with Crippen LogP contribution in [0, 0.1) is 0 Å². The normalized spacial score (nSPS) is 11.4. The number of aliphatic hydroxyl groups excluding tert-OH is 2. The maximum atomic E-state index is 9.01. The van der Waals surface area contributed by atoms with Gasteiger partial charge in [-0.05, 0) is 6.92 Å². The number of hydrogen-bond acceptors (Lipinski definition) is 5. The van der Waals surface area contributed by atoms with Crippen LogP contribution < -0.4 is 5.32 Å². The van der Waals surface area contributed by atoms with E-state index in [4.69, 9.17) is 21.8 Å². The summed E-state index contributed by atoms with van der Waals surface area (Å²) in [5, 5.41) is 21.1. The molecule has 0 saturated heterocycles. The van der Waals surface area contributed by atoms with E-state index in [1.807, 2.05) is 0 Å². The molecule has 0 amide bonds. The molecule has 3 N–H and O–H groups in total. The van der Waals surface area contributed by atoms with Crippen LogP contribution in [0.1, 0.15) is 6.92 Å². The van der Waals surface area contributed by atoms with E-state index in [0.29, 0.717) is 5.82 Å². The minimum atomic E-state index is -0.820. The fraction of sp³-hybridized carbons (Fsp3) is 0.500. The van der Waals surface area contributed by atoms with E-state index in [1.165, 1.54) is 12.4 Å². The predicted molar refractivity (Wildman–Crippen MR) is 53.2 cm³/mol. The van der Waals surface area contributed by atoms with Crippen LogP contribution in [0.25, 0.3) is 0 Å². The first-order valence-electron chi connectivity index (χ1n) is 4.07. The quantitative estimate of drug-likeness (QED) is 0.676. The van der Waals surface area contributed by atoms with Crippen LogP contribution in [-0.2, 0) is 0 Å². The molecule has 1 aromatic heterocycles. The van der Waals surface area contributed by atoms with Gasteiger partial charge in [-0.15, -0.1) is 0 Å². The first-order valence-corrected chi connectivity index (χ1v) is 4.45. The number of hydrogen-bond donors (Lipinski definition) is 3. The molecule has 78 valence electrons. The molecule has 0 saturated carbocycles. The minimum Gasteiger partial charge on any atom is -0.394 e. The highest BCUT2D eigenvalue weighted by atomic mass is 35.5. The molecule has 1 rings (SSSR count). The van der Waals surface area contributed by atoms with E-state index < -0.39 is 5.54 Å². The summed E-state index contributed by atoms with van der Waals surface area (Å²) >= 11 is 5.62. The number of rotatable bonds is 4. The fourth-order valence-electron chi connectivity index (χ4n) is 0.841. The molecule has 0 aliphatic carbocycles. The molecule has 0 unspecified atom stereocenters. The van der Waals surface area contributed by atoms with E-state index >= 15 is 0 Å². The predicted octanol–water partition coefficient (Wildman–Crippen LogP) is 0.285. The van der Waals surface area contributed by atoms with Crippen molar-refractivity contribution in [1.29, 1.82) is 0 Å². The Kier molecular flexibility index (Phi) is 3.62. The van der Waals surface area contributed by atoms with Crippen LogP contribution in [0.2, 0.25) is 5.15 Å². The molecule has 0 aliphatic rings. The lowest BCUT2D eigenvalue weighted by molar-refractivity contribution is 0.147. The highest BCUT2D eigenvalue weighted by Crippen LogP contribution is 2.13. The third-order valence-electron chi connectivity index (χ3n) is 1.73. The molecular weight excluding hydrogens is 206 g/mol. The van der Waals surface area contributed by atoms with Crippen molar-refractivity contribution in [2.45, 2.75) is 12.5 Å². The zero-order chi connectivity index (χ0) is 10.6. The average Bonchev–Trinajstić information content (AvgIpc) is 2.18. The zero-order valence-electron chi connectivity index (χ0n) is 7.74. The van der Waals surface area contributed by atoms with Crippen molar-refractivity contribution in [3.05, 3.63) is 17.5 Å². The van der Waals surface area contributed by atoms with Gasteiger partial charge in [0.25, 0.3) is 0 Å². The molecule has 0 atom stereocenters. The van der Waals surface area contributed by atoms with E-state index in [-0.39, 0.29) is 18.4 Å². The lowest BCUT2D eigenvalue weighted by Crippen LogP contribution is -2.42. The highest BCUT2D eigenvalue weighted by Gasteiger charge is 2.22. The summed E-state index contributed by atoms with van der Waals surface area (Å²) in [5.74, 6) is 0.420. The lowest BCUT2D eigenvalue weighted by atomic mass is 10.1. The fourth-order valence-corrected chi connectivity index (χ4v) is 0.988. The van der Waals surface area contributed by atoms with Gasteiger partial charge in [0, 0.05) is 0 Å². The molecule has 1 aromatic rings. The van der Waals surface area contributed by atoms with Crippen LogP contribution >= 0.6 is 11.6 Å². The maximum Gasteiger partial charge on any atom is 0.149 e. The number of nitrogens with one attached hydrogen (secondary N) is 1. The number of nitrogens with zero attached hydrogens (tertiary/aromatic N) is 2. The van der Waals surface area contributed by atoms with Gasteiger partial charge < -0.3 is 15.5 Å². The van der Waals surface area contributed by atoms with Crippen LogP contribution in [0.3, 0.4) is 0 Å². The number of halogens is 1. The second-order valence-electron chi connectivity index (χ2n) is 3.23. The summed E-state index contributed by atoms with van der Waals surface area (Å²) in [7, 11) is 0. The van der Waals surface area contributed by atoms with Crippen LogP contribution in [0.5, 0.6) is 0 Å². The number of aliphatic hydroxyl groups is 2. The molecule has 1 heterocycles. The van der Waals surface area contributed by atoms with Crippen molar-refractivity contribution < 1.29 is 10.2 Å². The minimum absolute atomic E-state index is 0.211. The Bertz CT molecular complexity index is 304. The third kappa shape index (κ3) is 2.80. The van der Waals surface area contributed by atoms with Crippen molar-refractivity contribution >= 4 is 17.4 Å². The Morgan fingerprint density at radius 3 is 2.57 bits per heavy atom. The summed E-state index contributed by atoms with van der Waals surface area (Å²) in [4.78, 5) is 7.74. The van der Waals surface area contributed by atoms with Crippen molar-refractivity contribution in [1.82, 2.24) is 9.97 Å². The van der Waals surface area contributed by atoms with Gasteiger partial charge in [0.1, 0.15) is 11.0 Å². The van der Waals surface area contributed by atoms with E-state index in [0.717, 1.165) is 0 Å². The first-order chi connectivity index (χ1) is 6.59. The molecule has 6 heteroatoms. The Hall–Kier alpha value is -0.910.